The molecule has 1 aromatic heterocycles. The lowest BCUT2D eigenvalue weighted by atomic mass is 9.95. The summed E-state index contributed by atoms with van der Waals surface area (Å²) in [6.07, 6.45) is 1.85. The predicted molar refractivity (Wildman–Crippen MR) is 87.7 cm³/mol. The zero-order valence-corrected chi connectivity index (χ0v) is 14.4. The number of hydrogen-bond acceptors (Lipinski definition) is 4. The van der Waals surface area contributed by atoms with E-state index in [2.05, 4.69) is 52.0 Å². The smallest absolute Gasteiger partial charge is 0.283 e. The van der Waals surface area contributed by atoms with Crippen molar-refractivity contribution in [2.75, 3.05) is 24.5 Å². The Kier molecular flexibility index (Phi) is 4.10. The first kappa shape index (κ1) is 15.0. The molecule has 2 fully saturated rings. The van der Waals surface area contributed by atoms with Crippen LogP contribution in [0.1, 0.15) is 20.8 Å². The van der Waals surface area contributed by atoms with E-state index in [-0.39, 0.29) is 5.56 Å². The quantitative estimate of drug-likeness (QED) is 0.897. The fraction of sp³-hybridized carbons (Fsp3) is 0.733. The van der Waals surface area contributed by atoms with Crippen LogP contribution in [0.4, 0.5) is 5.69 Å². The van der Waals surface area contributed by atoms with E-state index in [1.54, 1.807) is 4.68 Å². The fourth-order valence-electron chi connectivity index (χ4n) is 3.62. The Morgan fingerprint density at radius 2 is 2.24 bits per heavy atom. The number of nitrogens with one attached hydrogen (secondary N) is 1. The van der Waals surface area contributed by atoms with E-state index in [0.717, 1.165) is 25.3 Å². The van der Waals surface area contributed by atoms with Crippen LogP contribution in [0.15, 0.2) is 15.5 Å². The summed E-state index contributed by atoms with van der Waals surface area (Å²) in [5, 5.41) is 7.83. The molecule has 1 aromatic rings. The number of fused-ring (bicyclic) bond motifs is 1. The third-order valence-corrected chi connectivity index (χ3v) is 5.49. The van der Waals surface area contributed by atoms with E-state index >= 15 is 0 Å². The first-order valence-electron chi connectivity index (χ1n) is 7.72. The average Bonchev–Trinajstić information content (AvgIpc) is 2.99. The lowest BCUT2D eigenvalue weighted by molar-refractivity contribution is 0.460. The van der Waals surface area contributed by atoms with Crippen molar-refractivity contribution in [3.63, 3.8) is 0 Å². The highest BCUT2D eigenvalue weighted by Crippen LogP contribution is 2.37. The van der Waals surface area contributed by atoms with Crippen LogP contribution in [0.5, 0.6) is 0 Å². The standard InChI is InChI=1S/C15H23BrN4O/c1-9(2)7-20-15(21)14(16)13(6-18-20)19-8-11-4-17-5-12(11)10(19)3/h6,9-12,17H,4-5,7-8H2,1-3H3. The summed E-state index contributed by atoms with van der Waals surface area (Å²) < 4.78 is 2.21. The zero-order valence-electron chi connectivity index (χ0n) is 12.8. The van der Waals surface area contributed by atoms with Crippen LogP contribution >= 0.6 is 15.9 Å². The Morgan fingerprint density at radius 1 is 1.48 bits per heavy atom. The first-order valence-corrected chi connectivity index (χ1v) is 8.51. The van der Waals surface area contributed by atoms with Gasteiger partial charge in [-0.1, -0.05) is 13.8 Å². The summed E-state index contributed by atoms with van der Waals surface area (Å²) in [6.45, 7) is 10.3. The van der Waals surface area contributed by atoms with Gasteiger partial charge in [0.25, 0.3) is 5.56 Å². The molecule has 0 saturated carbocycles. The van der Waals surface area contributed by atoms with E-state index in [0.29, 0.717) is 34.8 Å². The molecular formula is C15H23BrN4O. The van der Waals surface area contributed by atoms with Gasteiger partial charge in [0, 0.05) is 32.2 Å². The minimum atomic E-state index is -0.0245. The number of halogens is 1. The second-order valence-electron chi connectivity index (χ2n) is 6.70. The van der Waals surface area contributed by atoms with Crippen molar-refractivity contribution in [1.29, 1.82) is 0 Å². The number of anilines is 1. The normalized spacial score (nSPS) is 28.4. The Balaban J connectivity index is 1.90. The van der Waals surface area contributed by atoms with Crippen molar-refractivity contribution in [2.45, 2.75) is 33.4 Å². The molecule has 2 saturated heterocycles. The molecule has 0 bridgehead atoms. The van der Waals surface area contributed by atoms with E-state index < -0.39 is 0 Å². The van der Waals surface area contributed by atoms with E-state index in [1.165, 1.54) is 0 Å². The molecular weight excluding hydrogens is 332 g/mol. The minimum Gasteiger partial charge on any atom is -0.366 e. The molecule has 2 aliphatic heterocycles. The van der Waals surface area contributed by atoms with Crippen molar-refractivity contribution >= 4 is 21.6 Å². The Labute approximate surface area is 133 Å². The molecule has 3 atom stereocenters. The summed E-state index contributed by atoms with van der Waals surface area (Å²) >= 11 is 3.51. The van der Waals surface area contributed by atoms with Crippen LogP contribution < -0.4 is 15.8 Å². The SMILES string of the molecule is CC(C)Cn1ncc(N2CC3CNCC3C2C)c(Br)c1=O. The number of nitrogens with zero attached hydrogens (tertiary/aromatic N) is 3. The van der Waals surface area contributed by atoms with Crippen LogP contribution in [0.2, 0.25) is 0 Å². The largest absolute Gasteiger partial charge is 0.366 e. The van der Waals surface area contributed by atoms with Crippen molar-refractivity contribution in [2.24, 2.45) is 17.8 Å². The Morgan fingerprint density at radius 3 is 2.90 bits per heavy atom. The summed E-state index contributed by atoms with van der Waals surface area (Å²) in [5.74, 6) is 1.77. The second kappa shape index (κ2) is 5.72. The molecule has 0 aliphatic carbocycles. The van der Waals surface area contributed by atoms with Gasteiger partial charge in [0.05, 0.1) is 11.9 Å². The van der Waals surface area contributed by atoms with Gasteiger partial charge in [-0.05, 0) is 40.6 Å². The van der Waals surface area contributed by atoms with Crippen molar-refractivity contribution in [3.05, 3.63) is 21.0 Å². The van der Waals surface area contributed by atoms with Gasteiger partial charge in [-0.2, -0.15) is 5.10 Å². The molecule has 1 N–H and O–H groups in total. The van der Waals surface area contributed by atoms with E-state index in [9.17, 15) is 4.79 Å². The highest BCUT2D eigenvalue weighted by molar-refractivity contribution is 9.10. The van der Waals surface area contributed by atoms with Crippen LogP contribution in [0, 0.1) is 17.8 Å². The molecule has 3 rings (SSSR count). The van der Waals surface area contributed by atoms with Gasteiger partial charge in [0.1, 0.15) is 4.47 Å². The van der Waals surface area contributed by atoms with Gasteiger partial charge < -0.3 is 10.2 Å². The molecule has 116 valence electrons. The maximum absolute atomic E-state index is 12.4. The van der Waals surface area contributed by atoms with Crippen molar-refractivity contribution in [1.82, 2.24) is 15.1 Å². The molecule has 21 heavy (non-hydrogen) atoms. The highest BCUT2D eigenvalue weighted by atomic mass is 79.9. The monoisotopic (exact) mass is 354 g/mol. The third-order valence-electron chi connectivity index (χ3n) is 4.75. The van der Waals surface area contributed by atoms with Crippen molar-refractivity contribution < 1.29 is 0 Å². The van der Waals surface area contributed by atoms with Gasteiger partial charge >= 0.3 is 0 Å². The van der Waals surface area contributed by atoms with Crippen LogP contribution in [0.25, 0.3) is 0 Å². The predicted octanol–water partition coefficient (Wildman–Crippen LogP) is 1.71. The number of aromatic nitrogens is 2. The van der Waals surface area contributed by atoms with Gasteiger partial charge in [-0.25, -0.2) is 4.68 Å². The summed E-state index contributed by atoms with van der Waals surface area (Å²) in [6, 6.07) is 0.448. The number of hydrogen-bond donors (Lipinski definition) is 1. The van der Waals surface area contributed by atoms with Gasteiger partial charge in [-0.15, -0.1) is 0 Å². The minimum absolute atomic E-state index is 0.0245. The molecule has 3 heterocycles. The highest BCUT2D eigenvalue weighted by Gasteiger charge is 2.42. The molecule has 5 nitrogen and oxygen atoms in total. The third kappa shape index (κ3) is 2.63. The summed E-state index contributed by atoms with van der Waals surface area (Å²) in [5.41, 5.74) is 0.922. The van der Waals surface area contributed by atoms with Gasteiger partial charge in [0.15, 0.2) is 0 Å². The molecule has 3 unspecified atom stereocenters. The van der Waals surface area contributed by atoms with Gasteiger partial charge in [-0.3, -0.25) is 4.79 Å². The average molecular weight is 355 g/mol. The Bertz CT molecular complexity index is 586. The first-order chi connectivity index (χ1) is 9.99. The molecule has 0 amide bonds. The zero-order chi connectivity index (χ0) is 15.1. The second-order valence-corrected chi connectivity index (χ2v) is 7.49. The lowest BCUT2D eigenvalue weighted by Crippen LogP contribution is -2.36. The Hall–Kier alpha value is -0.880. The summed E-state index contributed by atoms with van der Waals surface area (Å²) in [4.78, 5) is 14.8. The molecule has 0 spiro atoms. The van der Waals surface area contributed by atoms with Crippen LogP contribution in [-0.2, 0) is 6.54 Å². The topological polar surface area (TPSA) is 50.2 Å². The molecule has 6 heteroatoms. The van der Waals surface area contributed by atoms with E-state index in [1.807, 2.05) is 6.20 Å². The van der Waals surface area contributed by atoms with Gasteiger partial charge in [0.2, 0.25) is 0 Å². The maximum Gasteiger partial charge on any atom is 0.283 e. The van der Waals surface area contributed by atoms with E-state index in [4.69, 9.17) is 0 Å². The molecule has 0 radical (unpaired) electrons. The van der Waals surface area contributed by atoms with Crippen molar-refractivity contribution in [3.8, 4) is 0 Å². The number of rotatable bonds is 3. The summed E-state index contributed by atoms with van der Waals surface area (Å²) in [7, 11) is 0. The fourth-order valence-corrected chi connectivity index (χ4v) is 4.15. The molecule has 0 aromatic carbocycles. The van der Waals surface area contributed by atoms with Crippen LogP contribution in [0.3, 0.4) is 0 Å². The molecule has 2 aliphatic rings. The lowest BCUT2D eigenvalue weighted by Gasteiger charge is -2.27. The maximum atomic E-state index is 12.4. The van der Waals surface area contributed by atoms with Crippen LogP contribution in [-0.4, -0.2) is 35.5 Å².